The maximum atomic E-state index is 11.6. The summed E-state index contributed by atoms with van der Waals surface area (Å²) in [6.45, 7) is 0.0246. The number of rotatable bonds is 6. The van der Waals surface area contributed by atoms with E-state index in [2.05, 4.69) is 5.32 Å². The van der Waals surface area contributed by atoms with Crippen molar-refractivity contribution in [3.8, 4) is 11.5 Å². The number of thioether (sulfide) groups is 1. The van der Waals surface area contributed by atoms with Crippen LogP contribution in [0.5, 0.6) is 11.5 Å². The molecule has 0 bridgehead atoms. The van der Waals surface area contributed by atoms with Crippen molar-refractivity contribution in [3.05, 3.63) is 52.3 Å². The minimum Gasteiger partial charge on any atom is -0.493 e. The molecule has 1 aliphatic heterocycles. The molecule has 8 nitrogen and oxygen atoms in total. The largest absolute Gasteiger partial charge is 0.493 e. The molecule has 1 aliphatic rings. The Morgan fingerprint density at radius 3 is 2.69 bits per heavy atom. The number of furan rings is 1. The zero-order valence-corrected chi connectivity index (χ0v) is 14.3. The van der Waals surface area contributed by atoms with Crippen molar-refractivity contribution in [1.82, 2.24) is 5.32 Å². The molecule has 0 spiro atoms. The van der Waals surface area contributed by atoms with Crippen LogP contribution in [0.3, 0.4) is 0 Å². The Hall–Kier alpha value is -3.20. The first-order valence-corrected chi connectivity index (χ1v) is 8.15. The molecule has 0 radical (unpaired) electrons. The highest BCUT2D eigenvalue weighted by molar-refractivity contribution is 8.18. The number of carboxylic acid groups (broad SMARTS) is 1. The highest BCUT2D eigenvalue weighted by atomic mass is 32.2. The Bertz CT molecular complexity index is 916. The Labute approximate surface area is 151 Å². The lowest BCUT2D eigenvalue weighted by atomic mass is 10.2. The molecular formula is C17H13NO7S. The van der Waals surface area contributed by atoms with Crippen molar-refractivity contribution in [2.75, 3.05) is 7.11 Å². The number of ether oxygens (including phenoxy) is 2. The second-order valence-corrected chi connectivity index (χ2v) is 6.14. The van der Waals surface area contributed by atoms with Crippen LogP contribution in [0.4, 0.5) is 4.79 Å². The van der Waals surface area contributed by atoms with Crippen LogP contribution >= 0.6 is 11.8 Å². The monoisotopic (exact) mass is 375 g/mol. The fourth-order valence-corrected chi connectivity index (χ4v) is 2.87. The molecule has 0 unspecified atom stereocenters. The van der Waals surface area contributed by atoms with Crippen LogP contribution in [0.15, 0.2) is 39.7 Å². The molecule has 2 heterocycles. The molecular weight excluding hydrogens is 362 g/mol. The van der Waals surface area contributed by atoms with E-state index in [1.807, 2.05) is 0 Å². The third-order valence-electron chi connectivity index (χ3n) is 3.37. The zero-order chi connectivity index (χ0) is 18.7. The van der Waals surface area contributed by atoms with Gasteiger partial charge in [-0.3, -0.25) is 14.9 Å². The van der Waals surface area contributed by atoms with Gasteiger partial charge in [0.05, 0.1) is 12.0 Å². The molecule has 0 atom stereocenters. The minimum atomic E-state index is -1.15. The maximum absolute atomic E-state index is 11.6. The SMILES string of the molecule is COc1cc(/C=C2\SC(=O)NC2=O)ccc1OCc1ccc(C(=O)O)o1. The van der Waals surface area contributed by atoms with E-state index in [1.165, 1.54) is 19.2 Å². The second kappa shape index (κ2) is 7.36. The van der Waals surface area contributed by atoms with E-state index < -0.39 is 17.1 Å². The molecule has 1 saturated heterocycles. The van der Waals surface area contributed by atoms with Crippen molar-refractivity contribution < 1.29 is 33.4 Å². The fraction of sp³-hybridized carbons (Fsp3) is 0.118. The number of carbonyl (C=O) groups is 3. The van der Waals surface area contributed by atoms with Crippen LogP contribution in [0.1, 0.15) is 21.9 Å². The fourth-order valence-electron chi connectivity index (χ4n) is 2.18. The number of hydrogen-bond donors (Lipinski definition) is 2. The van der Waals surface area contributed by atoms with Crippen LogP contribution in [0.25, 0.3) is 6.08 Å². The molecule has 3 rings (SSSR count). The number of carboxylic acids is 1. The number of benzene rings is 1. The van der Waals surface area contributed by atoms with Gasteiger partial charge in [-0.05, 0) is 47.7 Å². The van der Waals surface area contributed by atoms with Gasteiger partial charge in [-0.2, -0.15) is 0 Å². The Morgan fingerprint density at radius 2 is 2.08 bits per heavy atom. The van der Waals surface area contributed by atoms with Crippen molar-refractivity contribution in [2.45, 2.75) is 6.61 Å². The van der Waals surface area contributed by atoms with E-state index in [1.54, 1.807) is 24.3 Å². The predicted molar refractivity (Wildman–Crippen MR) is 92.1 cm³/mol. The summed E-state index contributed by atoms with van der Waals surface area (Å²) in [5.41, 5.74) is 0.660. The van der Waals surface area contributed by atoms with Crippen LogP contribution in [-0.2, 0) is 11.4 Å². The Balaban J connectivity index is 1.74. The summed E-state index contributed by atoms with van der Waals surface area (Å²) in [7, 11) is 1.47. The highest BCUT2D eigenvalue weighted by Gasteiger charge is 2.25. The first-order valence-electron chi connectivity index (χ1n) is 7.34. The molecule has 0 saturated carbocycles. The van der Waals surface area contributed by atoms with Crippen molar-refractivity contribution >= 4 is 35.0 Å². The van der Waals surface area contributed by atoms with Gasteiger partial charge in [-0.15, -0.1) is 0 Å². The Morgan fingerprint density at radius 1 is 1.27 bits per heavy atom. The lowest BCUT2D eigenvalue weighted by Gasteiger charge is -2.10. The van der Waals surface area contributed by atoms with E-state index in [4.69, 9.17) is 19.0 Å². The number of hydrogen-bond acceptors (Lipinski definition) is 7. The summed E-state index contributed by atoms with van der Waals surface area (Å²) in [5.74, 6) is -0.570. The van der Waals surface area contributed by atoms with Gasteiger partial charge in [-0.1, -0.05) is 6.07 Å². The van der Waals surface area contributed by atoms with Crippen LogP contribution in [-0.4, -0.2) is 29.3 Å². The molecule has 134 valence electrons. The summed E-state index contributed by atoms with van der Waals surface area (Å²) < 4.78 is 16.0. The second-order valence-electron chi connectivity index (χ2n) is 5.12. The standard InChI is InChI=1S/C17H13NO7S/c1-23-13-6-9(7-14-15(19)18-17(22)26-14)2-4-11(13)24-8-10-3-5-12(25-10)16(20)21/h2-7H,8H2,1H3,(H,20,21)(H,18,19,22)/b14-7-. The summed E-state index contributed by atoms with van der Waals surface area (Å²) in [4.78, 5) is 33.9. The molecule has 1 aromatic carbocycles. The van der Waals surface area contributed by atoms with Gasteiger partial charge in [0.25, 0.3) is 11.1 Å². The van der Waals surface area contributed by atoms with E-state index in [0.29, 0.717) is 27.7 Å². The van der Waals surface area contributed by atoms with Crippen LogP contribution < -0.4 is 14.8 Å². The van der Waals surface area contributed by atoms with Gasteiger partial charge in [0.1, 0.15) is 12.4 Å². The third-order valence-corrected chi connectivity index (χ3v) is 4.18. The van der Waals surface area contributed by atoms with E-state index in [9.17, 15) is 14.4 Å². The van der Waals surface area contributed by atoms with Crippen molar-refractivity contribution in [2.24, 2.45) is 0 Å². The lowest BCUT2D eigenvalue weighted by molar-refractivity contribution is -0.115. The lowest BCUT2D eigenvalue weighted by Crippen LogP contribution is -2.17. The summed E-state index contributed by atoms with van der Waals surface area (Å²) in [5, 5.41) is 10.6. The first-order chi connectivity index (χ1) is 12.5. The smallest absolute Gasteiger partial charge is 0.371 e. The Kier molecular flexibility index (Phi) is 4.99. The van der Waals surface area contributed by atoms with Gasteiger partial charge in [-0.25, -0.2) is 4.79 Å². The van der Waals surface area contributed by atoms with Crippen LogP contribution in [0.2, 0.25) is 0 Å². The summed E-state index contributed by atoms with van der Waals surface area (Å²) in [6, 6.07) is 7.86. The van der Waals surface area contributed by atoms with Gasteiger partial charge in [0.2, 0.25) is 5.76 Å². The topological polar surface area (TPSA) is 115 Å². The van der Waals surface area contributed by atoms with Gasteiger partial charge >= 0.3 is 5.97 Å². The van der Waals surface area contributed by atoms with E-state index in [-0.39, 0.29) is 12.4 Å². The van der Waals surface area contributed by atoms with Gasteiger partial charge in [0, 0.05) is 0 Å². The molecule has 9 heteroatoms. The minimum absolute atomic E-state index is 0.0246. The van der Waals surface area contributed by atoms with Crippen LogP contribution in [0, 0.1) is 0 Å². The van der Waals surface area contributed by atoms with Crippen molar-refractivity contribution in [3.63, 3.8) is 0 Å². The van der Waals surface area contributed by atoms with Crippen molar-refractivity contribution in [1.29, 1.82) is 0 Å². The molecule has 2 aromatic rings. The molecule has 1 aromatic heterocycles. The molecule has 1 fully saturated rings. The van der Waals surface area contributed by atoms with E-state index in [0.717, 1.165) is 11.8 Å². The number of amides is 2. The maximum Gasteiger partial charge on any atom is 0.371 e. The zero-order valence-electron chi connectivity index (χ0n) is 13.5. The number of carbonyl (C=O) groups excluding carboxylic acids is 2. The molecule has 26 heavy (non-hydrogen) atoms. The summed E-state index contributed by atoms with van der Waals surface area (Å²) in [6.07, 6.45) is 1.57. The number of aromatic carboxylic acids is 1. The van der Waals surface area contributed by atoms with Gasteiger partial charge in [0.15, 0.2) is 11.5 Å². The highest BCUT2D eigenvalue weighted by Crippen LogP contribution is 2.32. The molecule has 0 aliphatic carbocycles. The van der Waals surface area contributed by atoms with Gasteiger partial charge < -0.3 is 19.0 Å². The quantitative estimate of drug-likeness (QED) is 0.741. The average molecular weight is 375 g/mol. The molecule has 2 amide bonds. The first kappa shape index (κ1) is 17.6. The molecule has 2 N–H and O–H groups in total. The number of methoxy groups -OCH3 is 1. The average Bonchev–Trinajstić information content (AvgIpc) is 3.20. The van der Waals surface area contributed by atoms with E-state index >= 15 is 0 Å². The predicted octanol–water partition coefficient (Wildman–Crippen LogP) is 2.89. The third kappa shape index (κ3) is 3.89. The normalized spacial score (nSPS) is 15.2. The number of nitrogens with one attached hydrogen (secondary N) is 1. The number of imide groups is 1. The summed E-state index contributed by atoms with van der Waals surface area (Å²) >= 11 is 0.827.